The Morgan fingerprint density at radius 2 is 2.07 bits per heavy atom. The zero-order valence-electron chi connectivity index (χ0n) is 8.67. The Kier molecular flexibility index (Phi) is 4.85. The summed E-state index contributed by atoms with van der Waals surface area (Å²) >= 11 is 0. The van der Waals surface area contributed by atoms with E-state index in [4.69, 9.17) is 9.42 Å². The van der Waals surface area contributed by atoms with Gasteiger partial charge < -0.3 is 5.73 Å². The predicted octanol–water partition coefficient (Wildman–Crippen LogP) is 0.894. The van der Waals surface area contributed by atoms with Crippen LogP contribution >= 0.6 is 8.25 Å². The van der Waals surface area contributed by atoms with Gasteiger partial charge in [-0.15, -0.1) is 9.42 Å². The molecule has 0 amide bonds. The Morgan fingerprint density at radius 1 is 1.47 bits per heavy atom. The van der Waals surface area contributed by atoms with E-state index in [0.29, 0.717) is 0 Å². The summed E-state index contributed by atoms with van der Waals surface area (Å²) in [6.07, 6.45) is 0.421. The Hall–Kier alpha value is -0.800. The fraction of sp³-hybridized carbons (Fsp3) is 0.400. The molecule has 0 aliphatic carbocycles. The van der Waals surface area contributed by atoms with Crippen LogP contribution in [0.1, 0.15) is 12.5 Å². The zero-order valence-corrected chi connectivity index (χ0v) is 9.56. The molecule has 0 aromatic heterocycles. The Bertz CT molecular complexity index is 318. The first-order valence-corrected chi connectivity index (χ1v) is 5.92. The van der Waals surface area contributed by atoms with E-state index in [-0.39, 0.29) is 12.1 Å². The van der Waals surface area contributed by atoms with Crippen LogP contribution in [0.2, 0.25) is 0 Å². The third kappa shape index (κ3) is 4.49. The molecule has 1 aromatic rings. The van der Waals surface area contributed by atoms with E-state index in [9.17, 15) is 4.57 Å². The van der Waals surface area contributed by atoms with Crippen molar-refractivity contribution < 1.29 is 19.7 Å². The van der Waals surface area contributed by atoms with E-state index in [1.54, 1.807) is 6.92 Å². The molecule has 0 bridgehead atoms. The molecular weight excluding hydrogens is 213 g/mol. The molecule has 0 heterocycles. The maximum Gasteiger partial charge on any atom is 0.695 e. The van der Waals surface area contributed by atoms with Crippen molar-refractivity contribution in [3.63, 3.8) is 0 Å². The van der Waals surface area contributed by atoms with Gasteiger partial charge in [0.2, 0.25) is 0 Å². The van der Waals surface area contributed by atoms with Crippen LogP contribution in [0, 0.1) is 0 Å². The van der Waals surface area contributed by atoms with Gasteiger partial charge in [0.15, 0.2) is 6.10 Å². The van der Waals surface area contributed by atoms with Crippen molar-refractivity contribution >= 4 is 8.25 Å². The molecule has 0 radical (unpaired) electrons. The molecule has 1 rings (SSSR count). The maximum atomic E-state index is 10.5. The van der Waals surface area contributed by atoms with E-state index in [1.165, 1.54) is 0 Å². The highest BCUT2D eigenvalue weighted by Crippen LogP contribution is 2.19. The first-order valence-electron chi connectivity index (χ1n) is 4.79. The average molecular weight is 229 g/mol. The van der Waals surface area contributed by atoms with E-state index in [0.717, 1.165) is 12.0 Å². The summed E-state index contributed by atoms with van der Waals surface area (Å²) in [5.74, 6) is 0. The smallest absolute Gasteiger partial charge is 0.353 e. The summed E-state index contributed by atoms with van der Waals surface area (Å²) in [5.41, 5.74) is 5.08. The molecule has 0 aliphatic heterocycles. The molecule has 5 heteroatoms. The second-order valence-electron chi connectivity index (χ2n) is 3.50. The van der Waals surface area contributed by atoms with Gasteiger partial charge in [-0.3, -0.25) is 0 Å². The molecular formula is C10H16NO3P+2. The van der Waals surface area contributed by atoms with Crippen molar-refractivity contribution in [1.29, 1.82) is 0 Å². The third-order valence-electron chi connectivity index (χ3n) is 2.26. The van der Waals surface area contributed by atoms with Gasteiger partial charge in [0.25, 0.3) is 0 Å². The molecule has 0 fully saturated rings. The minimum Gasteiger partial charge on any atom is -0.353 e. The lowest BCUT2D eigenvalue weighted by Crippen LogP contribution is -2.66. The SMILES string of the molecule is CC(O[P+](=O)O)C([NH3+])Cc1ccccc1. The number of rotatable bonds is 5. The van der Waals surface area contributed by atoms with Gasteiger partial charge in [0.05, 0.1) is 0 Å². The lowest BCUT2D eigenvalue weighted by Gasteiger charge is -2.10. The van der Waals surface area contributed by atoms with Crippen molar-refractivity contribution in [3.8, 4) is 0 Å². The highest BCUT2D eigenvalue weighted by molar-refractivity contribution is 7.32. The molecule has 15 heavy (non-hydrogen) atoms. The van der Waals surface area contributed by atoms with E-state index in [1.807, 2.05) is 30.3 Å². The molecule has 3 unspecified atom stereocenters. The fourth-order valence-corrected chi connectivity index (χ4v) is 1.77. The summed E-state index contributed by atoms with van der Waals surface area (Å²) in [6.45, 7) is 1.75. The highest BCUT2D eigenvalue weighted by atomic mass is 31.1. The van der Waals surface area contributed by atoms with Crippen LogP contribution in [0.25, 0.3) is 0 Å². The van der Waals surface area contributed by atoms with Gasteiger partial charge in [-0.25, -0.2) is 0 Å². The van der Waals surface area contributed by atoms with Crippen LogP contribution < -0.4 is 5.73 Å². The zero-order chi connectivity index (χ0) is 11.3. The topological polar surface area (TPSA) is 74.2 Å². The van der Waals surface area contributed by atoms with E-state index in [2.05, 4.69) is 5.73 Å². The Labute approximate surface area is 90.0 Å². The minimum absolute atomic E-state index is 0.0292. The number of hydrogen-bond donors (Lipinski definition) is 2. The molecule has 1 aromatic carbocycles. The van der Waals surface area contributed by atoms with Crippen LogP contribution in [-0.2, 0) is 15.5 Å². The minimum atomic E-state index is -2.54. The van der Waals surface area contributed by atoms with Gasteiger partial charge in [-0.1, -0.05) is 30.3 Å². The lowest BCUT2D eigenvalue weighted by atomic mass is 10.0. The number of hydrogen-bond acceptors (Lipinski definition) is 2. The Balaban J connectivity index is 2.48. The van der Waals surface area contributed by atoms with Gasteiger partial charge in [0, 0.05) is 11.0 Å². The van der Waals surface area contributed by atoms with Crippen molar-refractivity contribution in [2.45, 2.75) is 25.5 Å². The predicted molar refractivity (Wildman–Crippen MR) is 57.2 cm³/mol. The fourth-order valence-electron chi connectivity index (χ4n) is 1.31. The summed E-state index contributed by atoms with van der Waals surface area (Å²) in [6, 6.07) is 9.85. The van der Waals surface area contributed by atoms with Gasteiger partial charge in [0.1, 0.15) is 6.04 Å². The molecule has 82 valence electrons. The number of quaternary nitrogens is 1. The summed E-state index contributed by atoms with van der Waals surface area (Å²) in [5, 5.41) is 0. The number of benzene rings is 1. The molecule has 4 nitrogen and oxygen atoms in total. The van der Waals surface area contributed by atoms with Crippen LogP contribution in [0.5, 0.6) is 0 Å². The van der Waals surface area contributed by atoms with Crippen LogP contribution in [0.4, 0.5) is 0 Å². The van der Waals surface area contributed by atoms with E-state index >= 15 is 0 Å². The van der Waals surface area contributed by atoms with Crippen LogP contribution in [-0.4, -0.2) is 17.0 Å². The van der Waals surface area contributed by atoms with Crippen molar-refractivity contribution in [2.24, 2.45) is 0 Å². The van der Waals surface area contributed by atoms with Crippen molar-refractivity contribution in [2.75, 3.05) is 0 Å². The lowest BCUT2D eigenvalue weighted by molar-refractivity contribution is -0.433. The second kappa shape index (κ2) is 5.93. The van der Waals surface area contributed by atoms with Crippen LogP contribution in [0.15, 0.2) is 30.3 Å². The summed E-state index contributed by atoms with van der Waals surface area (Å²) in [4.78, 5) is 8.60. The third-order valence-corrected chi connectivity index (χ3v) is 2.77. The molecule has 0 saturated carbocycles. The first-order chi connectivity index (χ1) is 7.09. The maximum absolute atomic E-state index is 10.5. The van der Waals surface area contributed by atoms with Gasteiger partial charge in [-0.2, -0.15) is 0 Å². The average Bonchev–Trinajstić information content (AvgIpc) is 2.18. The molecule has 3 atom stereocenters. The molecule has 0 spiro atoms. The summed E-state index contributed by atoms with van der Waals surface area (Å²) in [7, 11) is -2.54. The molecule has 0 aliphatic rings. The Morgan fingerprint density at radius 3 is 2.60 bits per heavy atom. The van der Waals surface area contributed by atoms with Gasteiger partial charge in [-0.05, 0) is 12.5 Å². The second-order valence-corrected chi connectivity index (χ2v) is 4.18. The quantitative estimate of drug-likeness (QED) is 0.736. The normalized spacial score (nSPS) is 15.8. The van der Waals surface area contributed by atoms with Crippen molar-refractivity contribution in [3.05, 3.63) is 35.9 Å². The standard InChI is InChI=1S/C10H14NO3P/c1-8(14-15(12)13)10(11)7-9-5-3-2-4-6-9/h2-6,8,10H,7,11H2,1H3/p+2. The molecule has 4 N–H and O–H groups in total. The molecule has 0 saturated heterocycles. The van der Waals surface area contributed by atoms with Crippen molar-refractivity contribution in [1.82, 2.24) is 0 Å². The first kappa shape index (κ1) is 12.3. The monoisotopic (exact) mass is 229 g/mol. The van der Waals surface area contributed by atoms with E-state index < -0.39 is 8.25 Å². The highest BCUT2D eigenvalue weighted by Gasteiger charge is 2.27. The summed E-state index contributed by atoms with van der Waals surface area (Å²) < 4.78 is 15.3. The van der Waals surface area contributed by atoms with Gasteiger partial charge >= 0.3 is 8.25 Å². The largest absolute Gasteiger partial charge is 0.695 e. The van der Waals surface area contributed by atoms with Crippen LogP contribution in [0.3, 0.4) is 0 Å².